The van der Waals surface area contributed by atoms with E-state index in [4.69, 9.17) is 13.8 Å². The summed E-state index contributed by atoms with van der Waals surface area (Å²) in [5.74, 6) is -0.506. The Bertz CT molecular complexity index is 1440. The fourth-order valence-electron chi connectivity index (χ4n) is 9.44. The maximum atomic E-state index is 13.6. The molecule has 2 N–H and O–H groups in total. The SMILES string of the molecule is CCCCC/C=C\C/C=C\CCCCCCCCCCCCCC(=O)OC(/C=C/CCCCCCCCCCCCC)C(COP(=O)(O)OCC[N+](C)(C)C)NC(=O)CCCCCCC/C=C/CCCCCCCCC. The van der Waals surface area contributed by atoms with Crippen molar-refractivity contribution in [3.63, 3.8) is 0 Å². The molecular formula is C66H126N2O7P+. The van der Waals surface area contributed by atoms with E-state index in [1.165, 1.54) is 193 Å². The summed E-state index contributed by atoms with van der Waals surface area (Å²) < 4.78 is 30.7. The van der Waals surface area contributed by atoms with Crippen LogP contribution in [0.25, 0.3) is 0 Å². The number of allylic oxidation sites excluding steroid dienone is 7. The highest BCUT2D eigenvalue weighted by Crippen LogP contribution is 2.43. The molecular weight excluding hydrogens is 964 g/mol. The number of nitrogens with one attached hydrogen (secondary N) is 1. The lowest BCUT2D eigenvalue weighted by molar-refractivity contribution is -0.870. The quantitative estimate of drug-likeness (QED) is 0.0205. The molecule has 0 aliphatic heterocycles. The lowest BCUT2D eigenvalue weighted by Gasteiger charge is -2.27. The van der Waals surface area contributed by atoms with Crippen LogP contribution < -0.4 is 5.32 Å². The number of nitrogens with zero attached hydrogens (tertiary/aromatic N) is 1. The third kappa shape index (κ3) is 56.7. The molecule has 0 bridgehead atoms. The van der Waals surface area contributed by atoms with Gasteiger partial charge in [-0.25, -0.2) is 4.57 Å². The molecule has 446 valence electrons. The lowest BCUT2D eigenvalue weighted by Crippen LogP contribution is -2.47. The van der Waals surface area contributed by atoms with Gasteiger partial charge in [0.05, 0.1) is 33.8 Å². The van der Waals surface area contributed by atoms with Crippen molar-refractivity contribution in [1.82, 2.24) is 5.32 Å². The number of likely N-dealkylation sites (N-methyl/N-ethyl adjacent to an activating group) is 1. The second-order valence-corrected chi connectivity index (χ2v) is 24.7. The van der Waals surface area contributed by atoms with Crippen LogP contribution >= 0.6 is 7.82 Å². The predicted octanol–water partition coefficient (Wildman–Crippen LogP) is 20.1. The third-order valence-electron chi connectivity index (χ3n) is 14.5. The van der Waals surface area contributed by atoms with Gasteiger partial charge >= 0.3 is 13.8 Å². The zero-order chi connectivity index (χ0) is 55.7. The summed E-state index contributed by atoms with van der Waals surface area (Å²) in [7, 11) is 1.50. The molecule has 0 aliphatic carbocycles. The van der Waals surface area contributed by atoms with Crippen molar-refractivity contribution in [1.29, 1.82) is 0 Å². The Morgan fingerprint density at radius 1 is 0.461 bits per heavy atom. The molecule has 0 heterocycles. The normalized spacial score (nSPS) is 13.9. The van der Waals surface area contributed by atoms with E-state index in [-0.39, 0.29) is 31.5 Å². The molecule has 0 aromatic rings. The highest BCUT2D eigenvalue weighted by atomic mass is 31.2. The van der Waals surface area contributed by atoms with E-state index >= 15 is 0 Å². The number of amides is 1. The zero-order valence-corrected chi connectivity index (χ0v) is 51.9. The van der Waals surface area contributed by atoms with Crippen molar-refractivity contribution in [2.24, 2.45) is 0 Å². The second kappa shape index (κ2) is 56.3. The molecule has 3 unspecified atom stereocenters. The van der Waals surface area contributed by atoms with Crippen LogP contribution in [0.2, 0.25) is 0 Å². The molecule has 0 rings (SSSR count). The number of phosphoric ester groups is 1. The maximum Gasteiger partial charge on any atom is 0.472 e. The average molecular weight is 1090 g/mol. The first-order valence-corrected chi connectivity index (χ1v) is 34.0. The van der Waals surface area contributed by atoms with Crippen LogP contribution in [0, 0.1) is 0 Å². The highest BCUT2D eigenvalue weighted by Gasteiger charge is 2.30. The van der Waals surface area contributed by atoms with Crippen molar-refractivity contribution in [2.75, 3.05) is 40.9 Å². The first-order valence-electron chi connectivity index (χ1n) is 32.5. The number of hydrogen-bond acceptors (Lipinski definition) is 6. The predicted molar refractivity (Wildman–Crippen MR) is 328 cm³/mol. The molecule has 3 atom stereocenters. The van der Waals surface area contributed by atoms with Crippen LogP contribution in [-0.2, 0) is 27.9 Å². The minimum Gasteiger partial charge on any atom is -0.456 e. The van der Waals surface area contributed by atoms with Gasteiger partial charge in [-0.3, -0.25) is 18.6 Å². The topological polar surface area (TPSA) is 111 Å². The monoisotopic (exact) mass is 1090 g/mol. The molecule has 0 fully saturated rings. The van der Waals surface area contributed by atoms with Crippen molar-refractivity contribution in [3.8, 4) is 0 Å². The number of rotatable bonds is 59. The van der Waals surface area contributed by atoms with Crippen LogP contribution in [0.5, 0.6) is 0 Å². The van der Waals surface area contributed by atoms with Crippen molar-refractivity contribution in [3.05, 3.63) is 48.6 Å². The van der Waals surface area contributed by atoms with Gasteiger partial charge in [-0.15, -0.1) is 0 Å². The molecule has 0 radical (unpaired) electrons. The van der Waals surface area contributed by atoms with Crippen molar-refractivity contribution in [2.45, 2.75) is 322 Å². The number of ether oxygens (including phenoxy) is 1. The number of hydrogen-bond donors (Lipinski definition) is 2. The Hall–Kier alpha value is -2.03. The van der Waals surface area contributed by atoms with Gasteiger partial charge in [0.2, 0.25) is 5.91 Å². The number of esters is 1. The fourth-order valence-corrected chi connectivity index (χ4v) is 10.2. The van der Waals surface area contributed by atoms with Gasteiger partial charge in [-0.05, 0) is 89.5 Å². The van der Waals surface area contributed by atoms with Gasteiger partial charge in [0, 0.05) is 12.8 Å². The van der Waals surface area contributed by atoms with Gasteiger partial charge in [0.15, 0.2) is 0 Å². The molecule has 10 heteroatoms. The second-order valence-electron chi connectivity index (χ2n) is 23.3. The van der Waals surface area contributed by atoms with Crippen molar-refractivity contribution < 1.29 is 37.3 Å². The first kappa shape index (κ1) is 74.0. The van der Waals surface area contributed by atoms with Crippen LogP contribution in [0.3, 0.4) is 0 Å². The van der Waals surface area contributed by atoms with Crippen LogP contribution in [0.4, 0.5) is 0 Å². The summed E-state index contributed by atoms with van der Waals surface area (Å²) in [6, 6.07) is -0.852. The molecule has 0 saturated carbocycles. The fraction of sp³-hybridized carbons (Fsp3) is 0.848. The minimum absolute atomic E-state index is 0.0391. The molecule has 0 aromatic heterocycles. The molecule has 0 aromatic carbocycles. The molecule has 0 spiro atoms. The van der Waals surface area contributed by atoms with E-state index in [0.29, 0.717) is 17.4 Å². The number of quaternary nitrogens is 1. The van der Waals surface area contributed by atoms with Gasteiger partial charge in [-0.1, -0.05) is 256 Å². The Morgan fingerprint density at radius 2 is 0.803 bits per heavy atom. The summed E-state index contributed by atoms with van der Waals surface area (Å²) in [5, 5.41) is 3.06. The zero-order valence-electron chi connectivity index (χ0n) is 51.0. The van der Waals surface area contributed by atoms with E-state index in [0.717, 1.165) is 83.5 Å². The average Bonchev–Trinajstić information content (AvgIpc) is 3.38. The summed E-state index contributed by atoms with van der Waals surface area (Å²) in [4.78, 5) is 37.8. The summed E-state index contributed by atoms with van der Waals surface area (Å²) >= 11 is 0. The molecule has 76 heavy (non-hydrogen) atoms. The number of unbranched alkanes of at least 4 members (excludes halogenated alkanes) is 37. The Morgan fingerprint density at radius 3 is 1.22 bits per heavy atom. The number of phosphoric acid groups is 1. The largest absolute Gasteiger partial charge is 0.472 e. The van der Waals surface area contributed by atoms with Crippen molar-refractivity contribution >= 4 is 19.7 Å². The van der Waals surface area contributed by atoms with E-state index in [1.807, 2.05) is 33.3 Å². The Labute approximate surface area is 471 Å². The molecule has 0 saturated heterocycles. The van der Waals surface area contributed by atoms with E-state index in [1.54, 1.807) is 0 Å². The van der Waals surface area contributed by atoms with Gasteiger partial charge in [0.1, 0.15) is 19.3 Å². The Balaban J connectivity index is 5.22. The van der Waals surface area contributed by atoms with Crippen LogP contribution in [-0.4, -0.2) is 74.3 Å². The van der Waals surface area contributed by atoms with Crippen LogP contribution in [0.1, 0.15) is 310 Å². The first-order chi connectivity index (χ1) is 36.9. The standard InChI is InChI=1S/C66H125N2O7P/c1-7-10-13-16-19-22-25-28-30-32-33-34-35-36-38-41-44-47-50-53-56-59-66(70)75-64(57-54-51-48-45-42-39-27-24-21-18-15-12-9-3)63(62-74-76(71,72)73-61-60-68(4,5)6)67-65(69)58-55-52-49-46-43-40-37-31-29-26-23-20-17-14-11-8-2/h19,22,28,30-31,37,54,57,63-64H,7-18,20-21,23-27,29,32-36,38-53,55-56,58-62H2,1-6H3,(H-,67,69,71,72)/p+1/b22-19-,30-28-,37-31+,57-54+. The van der Waals surface area contributed by atoms with E-state index < -0.39 is 20.0 Å². The maximum absolute atomic E-state index is 13.6. The molecule has 1 amide bonds. The minimum atomic E-state index is -4.45. The van der Waals surface area contributed by atoms with Gasteiger partial charge < -0.3 is 19.4 Å². The van der Waals surface area contributed by atoms with E-state index in [9.17, 15) is 19.0 Å². The number of carbonyl (C=O) groups is 2. The van der Waals surface area contributed by atoms with E-state index in [2.05, 4.69) is 62.5 Å². The third-order valence-corrected chi connectivity index (χ3v) is 15.5. The van der Waals surface area contributed by atoms with Gasteiger partial charge in [0.25, 0.3) is 0 Å². The molecule has 9 nitrogen and oxygen atoms in total. The summed E-state index contributed by atoms with van der Waals surface area (Å²) in [6.45, 7) is 7.01. The Kier molecular flexibility index (Phi) is 54.7. The lowest BCUT2D eigenvalue weighted by atomic mass is 10.0. The summed E-state index contributed by atoms with van der Waals surface area (Å²) in [5.41, 5.74) is 0. The number of carbonyl (C=O) groups excluding carboxylic acids is 2. The highest BCUT2D eigenvalue weighted by molar-refractivity contribution is 7.47. The molecule has 0 aliphatic rings. The van der Waals surface area contributed by atoms with Crippen LogP contribution in [0.15, 0.2) is 48.6 Å². The summed E-state index contributed by atoms with van der Waals surface area (Å²) in [6.07, 6.45) is 69.6. The smallest absolute Gasteiger partial charge is 0.456 e. The van der Waals surface area contributed by atoms with Gasteiger partial charge in [-0.2, -0.15) is 0 Å².